The van der Waals surface area contributed by atoms with Gasteiger partial charge >= 0.3 is 5.97 Å². The van der Waals surface area contributed by atoms with Gasteiger partial charge in [-0.1, -0.05) is 18.2 Å². The quantitative estimate of drug-likeness (QED) is 0.489. The van der Waals surface area contributed by atoms with E-state index in [1.165, 1.54) is 0 Å². The van der Waals surface area contributed by atoms with E-state index in [0.717, 1.165) is 36.8 Å². The van der Waals surface area contributed by atoms with Crippen LogP contribution in [0, 0.1) is 0 Å². The van der Waals surface area contributed by atoms with Crippen LogP contribution in [0.1, 0.15) is 32.1 Å². The first-order valence-electron chi connectivity index (χ1n) is 10.9. The van der Waals surface area contributed by atoms with Crippen molar-refractivity contribution < 1.29 is 23.7 Å². The molecule has 0 bridgehead atoms. The third-order valence-electron chi connectivity index (χ3n) is 5.53. The van der Waals surface area contributed by atoms with E-state index in [1.54, 1.807) is 19.4 Å². The lowest BCUT2D eigenvalue weighted by atomic mass is 10.1. The van der Waals surface area contributed by atoms with Crippen molar-refractivity contribution in [3.05, 3.63) is 54.7 Å². The SMILES string of the molecule is COc1cc2c(Oc3ccccc3)ccnc2cc1OCC[C@H](N)C(=O)OC1CCCC1. The average Bonchev–Trinajstić information content (AvgIpc) is 3.32. The summed E-state index contributed by atoms with van der Waals surface area (Å²) < 4.78 is 22.9. The van der Waals surface area contributed by atoms with Crippen LogP contribution >= 0.6 is 0 Å². The number of benzene rings is 2. The smallest absolute Gasteiger partial charge is 0.323 e. The molecule has 1 fully saturated rings. The van der Waals surface area contributed by atoms with E-state index in [1.807, 2.05) is 42.5 Å². The average molecular weight is 437 g/mol. The van der Waals surface area contributed by atoms with E-state index in [9.17, 15) is 4.79 Å². The number of fused-ring (bicyclic) bond motifs is 1. The Morgan fingerprint density at radius 2 is 1.88 bits per heavy atom. The van der Waals surface area contributed by atoms with Crippen LogP contribution in [-0.2, 0) is 9.53 Å². The molecule has 2 N–H and O–H groups in total. The molecule has 7 nitrogen and oxygen atoms in total. The van der Waals surface area contributed by atoms with Gasteiger partial charge in [-0.25, -0.2) is 0 Å². The Hall–Kier alpha value is -3.32. The van der Waals surface area contributed by atoms with Gasteiger partial charge in [0.2, 0.25) is 0 Å². The second-order valence-corrected chi connectivity index (χ2v) is 7.83. The fourth-order valence-electron chi connectivity index (χ4n) is 3.78. The van der Waals surface area contributed by atoms with Crippen LogP contribution in [0.4, 0.5) is 0 Å². The summed E-state index contributed by atoms with van der Waals surface area (Å²) in [6, 6.07) is 14.3. The Morgan fingerprint density at radius 3 is 2.62 bits per heavy atom. The highest BCUT2D eigenvalue weighted by molar-refractivity contribution is 5.88. The number of methoxy groups -OCH3 is 1. The van der Waals surface area contributed by atoms with E-state index in [4.69, 9.17) is 24.7 Å². The summed E-state index contributed by atoms with van der Waals surface area (Å²) in [7, 11) is 1.58. The number of hydrogen-bond acceptors (Lipinski definition) is 7. The van der Waals surface area contributed by atoms with Crippen LogP contribution in [0.3, 0.4) is 0 Å². The van der Waals surface area contributed by atoms with E-state index in [0.29, 0.717) is 29.2 Å². The van der Waals surface area contributed by atoms with Crippen LogP contribution in [0.25, 0.3) is 10.9 Å². The number of rotatable bonds is 9. The van der Waals surface area contributed by atoms with Crippen molar-refractivity contribution in [3.8, 4) is 23.0 Å². The molecule has 4 rings (SSSR count). The molecule has 3 aromatic rings. The number of para-hydroxylation sites is 1. The van der Waals surface area contributed by atoms with E-state index in [2.05, 4.69) is 4.98 Å². The van der Waals surface area contributed by atoms with Gasteiger partial charge in [-0.15, -0.1) is 0 Å². The molecule has 0 aliphatic heterocycles. The number of nitrogens with zero attached hydrogens (tertiary/aromatic N) is 1. The standard InChI is InChI=1S/C25H28N2O5/c1-29-23-15-19-21(27-13-11-22(19)31-17-7-3-2-4-8-17)16-24(23)30-14-12-20(26)25(28)32-18-9-5-6-10-18/h2-4,7-8,11,13,15-16,18,20H,5-6,9-10,12,14,26H2,1H3/t20-/m0/s1. The summed E-state index contributed by atoms with van der Waals surface area (Å²) in [6.45, 7) is 0.253. The lowest BCUT2D eigenvalue weighted by molar-refractivity contribution is -0.150. The number of esters is 1. The van der Waals surface area contributed by atoms with Crippen LogP contribution in [0.15, 0.2) is 54.7 Å². The fraction of sp³-hybridized carbons (Fsp3) is 0.360. The van der Waals surface area contributed by atoms with Gasteiger partial charge in [0, 0.05) is 24.1 Å². The van der Waals surface area contributed by atoms with Crippen molar-refractivity contribution in [1.82, 2.24) is 4.98 Å². The predicted octanol–water partition coefficient (Wildman–Crippen LogP) is 4.62. The highest BCUT2D eigenvalue weighted by Crippen LogP contribution is 2.37. The van der Waals surface area contributed by atoms with Gasteiger partial charge in [-0.2, -0.15) is 0 Å². The molecule has 1 aromatic heterocycles. The molecule has 0 radical (unpaired) electrons. The first-order chi connectivity index (χ1) is 15.6. The number of nitrogens with two attached hydrogens (primary N) is 1. The number of carbonyl (C=O) groups excluding carboxylic acids is 1. The van der Waals surface area contributed by atoms with E-state index >= 15 is 0 Å². The predicted molar refractivity (Wildman–Crippen MR) is 121 cm³/mol. The van der Waals surface area contributed by atoms with Gasteiger partial charge in [-0.05, 0) is 49.9 Å². The summed E-state index contributed by atoms with van der Waals surface area (Å²) in [6.07, 6.45) is 6.09. The zero-order valence-corrected chi connectivity index (χ0v) is 18.2. The summed E-state index contributed by atoms with van der Waals surface area (Å²) in [5.74, 6) is 2.11. The van der Waals surface area contributed by atoms with Crippen LogP contribution in [-0.4, -0.2) is 36.8 Å². The largest absolute Gasteiger partial charge is 0.493 e. The molecule has 0 unspecified atom stereocenters. The molecule has 1 aliphatic rings. The van der Waals surface area contributed by atoms with Crippen molar-refractivity contribution in [2.75, 3.05) is 13.7 Å². The van der Waals surface area contributed by atoms with Gasteiger partial charge in [0.05, 0.1) is 19.2 Å². The topological polar surface area (TPSA) is 92.9 Å². The Labute approximate surface area is 187 Å². The van der Waals surface area contributed by atoms with Gasteiger partial charge in [0.1, 0.15) is 23.6 Å². The second-order valence-electron chi connectivity index (χ2n) is 7.83. The lowest BCUT2D eigenvalue weighted by Gasteiger charge is -2.17. The monoisotopic (exact) mass is 436 g/mol. The highest BCUT2D eigenvalue weighted by Gasteiger charge is 2.23. The fourth-order valence-corrected chi connectivity index (χ4v) is 3.78. The van der Waals surface area contributed by atoms with Gasteiger partial charge in [0.15, 0.2) is 11.5 Å². The second kappa shape index (κ2) is 10.3. The lowest BCUT2D eigenvalue weighted by Crippen LogP contribution is -2.35. The zero-order valence-electron chi connectivity index (χ0n) is 18.2. The molecule has 1 saturated carbocycles. The third-order valence-corrected chi connectivity index (χ3v) is 5.53. The third kappa shape index (κ3) is 5.29. The summed E-state index contributed by atoms with van der Waals surface area (Å²) in [4.78, 5) is 16.6. The molecular formula is C25H28N2O5. The van der Waals surface area contributed by atoms with Crippen molar-refractivity contribution in [3.63, 3.8) is 0 Å². The van der Waals surface area contributed by atoms with Crippen LogP contribution in [0.2, 0.25) is 0 Å². The zero-order chi connectivity index (χ0) is 22.3. The molecule has 1 atom stereocenters. The van der Waals surface area contributed by atoms with Gasteiger partial charge < -0.3 is 24.7 Å². The molecule has 0 spiro atoms. The van der Waals surface area contributed by atoms with Crippen molar-refractivity contribution >= 4 is 16.9 Å². The summed E-state index contributed by atoms with van der Waals surface area (Å²) in [5.41, 5.74) is 6.71. The molecule has 1 aliphatic carbocycles. The summed E-state index contributed by atoms with van der Waals surface area (Å²) in [5, 5.41) is 0.803. The molecule has 168 valence electrons. The summed E-state index contributed by atoms with van der Waals surface area (Å²) >= 11 is 0. The van der Waals surface area contributed by atoms with Gasteiger partial charge in [0.25, 0.3) is 0 Å². The number of ether oxygens (including phenoxy) is 4. The van der Waals surface area contributed by atoms with E-state index < -0.39 is 6.04 Å². The van der Waals surface area contributed by atoms with E-state index in [-0.39, 0.29) is 18.7 Å². The maximum Gasteiger partial charge on any atom is 0.323 e. The normalized spacial score (nSPS) is 14.8. The minimum Gasteiger partial charge on any atom is -0.493 e. The Bertz CT molecular complexity index is 1050. The maximum absolute atomic E-state index is 12.2. The molecule has 0 amide bonds. The first kappa shape index (κ1) is 21.9. The number of carbonyl (C=O) groups is 1. The Kier molecular flexibility index (Phi) is 7.07. The molecule has 2 aromatic carbocycles. The Balaban J connectivity index is 1.43. The molecule has 0 saturated heterocycles. The number of pyridine rings is 1. The molecule has 32 heavy (non-hydrogen) atoms. The Morgan fingerprint density at radius 1 is 1.09 bits per heavy atom. The maximum atomic E-state index is 12.2. The number of hydrogen-bond donors (Lipinski definition) is 1. The van der Waals surface area contributed by atoms with Crippen LogP contribution < -0.4 is 19.9 Å². The molecular weight excluding hydrogens is 408 g/mol. The van der Waals surface area contributed by atoms with Gasteiger partial charge in [-0.3, -0.25) is 9.78 Å². The minimum atomic E-state index is -0.717. The van der Waals surface area contributed by atoms with Crippen molar-refractivity contribution in [2.45, 2.75) is 44.2 Å². The van der Waals surface area contributed by atoms with Crippen molar-refractivity contribution in [2.24, 2.45) is 5.73 Å². The number of aromatic nitrogens is 1. The first-order valence-corrected chi connectivity index (χ1v) is 10.9. The minimum absolute atomic E-state index is 0.00780. The highest BCUT2D eigenvalue weighted by atomic mass is 16.5. The van der Waals surface area contributed by atoms with Crippen LogP contribution in [0.5, 0.6) is 23.0 Å². The van der Waals surface area contributed by atoms with Crippen molar-refractivity contribution in [1.29, 1.82) is 0 Å². The molecule has 1 heterocycles. The molecule has 7 heteroatoms.